The van der Waals surface area contributed by atoms with Crippen molar-refractivity contribution in [2.24, 2.45) is 5.73 Å². The first-order chi connectivity index (χ1) is 12.0. The van der Waals surface area contributed by atoms with E-state index < -0.39 is 24.0 Å². The largest absolute Gasteiger partial charge is 0.489 e. The van der Waals surface area contributed by atoms with Gasteiger partial charge in [0.1, 0.15) is 12.4 Å². The number of carbonyl (C=O) groups excluding carboxylic acids is 3. The summed E-state index contributed by atoms with van der Waals surface area (Å²) in [5, 5.41) is 1.85. The predicted octanol–water partition coefficient (Wildman–Crippen LogP) is 2.01. The first-order valence-corrected chi connectivity index (χ1v) is 7.54. The van der Waals surface area contributed by atoms with Crippen LogP contribution < -0.4 is 15.8 Å². The molecule has 25 heavy (non-hydrogen) atoms. The number of carbonyl (C=O) groups is 3. The van der Waals surface area contributed by atoms with Gasteiger partial charge in [-0.25, -0.2) is 9.59 Å². The zero-order valence-corrected chi connectivity index (χ0v) is 13.6. The van der Waals surface area contributed by atoms with Gasteiger partial charge in [-0.3, -0.25) is 10.1 Å². The number of ether oxygens (including phenoxy) is 2. The molecule has 0 radical (unpaired) electrons. The van der Waals surface area contributed by atoms with E-state index in [1.807, 2.05) is 35.6 Å². The van der Waals surface area contributed by atoms with Gasteiger partial charge in [-0.1, -0.05) is 36.4 Å². The zero-order chi connectivity index (χ0) is 18.2. The molecule has 130 valence electrons. The topological polar surface area (TPSA) is 108 Å². The Hall–Kier alpha value is -3.35. The number of benzene rings is 2. The molecule has 0 aliphatic rings. The van der Waals surface area contributed by atoms with Crippen molar-refractivity contribution in [3.05, 3.63) is 65.7 Å². The third kappa shape index (κ3) is 5.65. The minimum Gasteiger partial charge on any atom is -0.489 e. The van der Waals surface area contributed by atoms with Crippen molar-refractivity contribution in [3.63, 3.8) is 0 Å². The summed E-state index contributed by atoms with van der Waals surface area (Å²) >= 11 is 0. The summed E-state index contributed by atoms with van der Waals surface area (Å²) < 4.78 is 10.6. The quantitative estimate of drug-likeness (QED) is 0.781. The van der Waals surface area contributed by atoms with E-state index in [-0.39, 0.29) is 5.56 Å². The van der Waals surface area contributed by atoms with E-state index in [4.69, 9.17) is 15.2 Å². The molecule has 3 N–H and O–H groups in total. The Kier molecular flexibility index (Phi) is 6.11. The fourth-order valence-electron chi connectivity index (χ4n) is 1.96. The molecule has 1 atom stereocenters. The van der Waals surface area contributed by atoms with E-state index in [0.29, 0.717) is 12.4 Å². The molecule has 2 aromatic carbocycles. The van der Waals surface area contributed by atoms with Crippen molar-refractivity contribution in [3.8, 4) is 5.75 Å². The molecule has 0 bridgehead atoms. The van der Waals surface area contributed by atoms with Crippen molar-refractivity contribution >= 4 is 17.9 Å². The molecule has 7 nitrogen and oxygen atoms in total. The van der Waals surface area contributed by atoms with E-state index in [1.165, 1.54) is 19.1 Å². The van der Waals surface area contributed by atoms with Crippen molar-refractivity contribution in [2.75, 3.05) is 0 Å². The number of primary amides is 1. The van der Waals surface area contributed by atoms with Crippen LogP contribution in [0.15, 0.2) is 54.6 Å². The number of hydrogen-bond donors (Lipinski definition) is 2. The second-order valence-electron chi connectivity index (χ2n) is 5.20. The third-order valence-electron chi connectivity index (χ3n) is 3.22. The molecule has 0 aromatic heterocycles. The average molecular weight is 342 g/mol. The molecule has 3 amide bonds. The highest BCUT2D eigenvalue weighted by Crippen LogP contribution is 2.16. The summed E-state index contributed by atoms with van der Waals surface area (Å²) in [5.41, 5.74) is 6.07. The van der Waals surface area contributed by atoms with Gasteiger partial charge >= 0.3 is 12.0 Å². The van der Waals surface area contributed by atoms with Gasteiger partial charge < -0.3 is 15.2 Å². The number of imide groups is 1. The Bertz CT molecular complexity index is 761. The van der Waals surface area contributed by atoms with E-state index in [2.05, 4.69) is 0 Å². The molecule has 0 saturated heterocycles. The molecule has 0 unspecified atom stereocenters. The number of amides is 3. The lowest BCUT2D eigenvalue weighted by molar-refractivity contribution is -0.127. The Labute approximate surface area is 144 Å². The van der Waals surface area contributed by atoms with Crippen molar-refractivity contribution < 1.29 is 23.9 Å². The maximum atomic E-state index is 12.1. The Morgan fingerprint density at radius 1 is 1.08 bits per heavy atom. The van der Waals surface area contributed by atoms with Gasteiger partial charge in [0.15, 0.2) is 6.10 Å². The maximum Gasteiger partial charge on any atom is 0.339 e. The number of rotatable bonds is 6. The van der Waals surface area contributed by atoms with Crippen LogP contribution >= 0.6 is 0 Å². The Morgan fingerprint density at radius 3 is 2.48 bits per heavy atom. The summed E-state index contributed by atoms with van der Waals surface area (Å²) in [7, 11) is 0. The van der Waals surface area contributed by atoms with Crippen LogP contribution in [0.4, 0.5) is 4.79 Å². The lowest BCUT2D eigenvalue weighted by Gasteiger charge is -2.12. The molecule has 0 aliphatic carbocycles. The standard InChI is InChI=1S/C18H18N2O5/c1-12(16(21)20-18(19)23)25-17(22)14-8-5-9-15(10-14)24-11-13-6-3-2-4-7-13/h2-10,12H,11H2,1H3,(H3,19,20,21,23)/t12-/m1/s1. The fourth-order valence-corrected chi connectivity index (χ4v) is 1.96. The minimum absolute atomic E-state index is 0.226. The summed E-state index contributed by atoms with van der Waals surface area (Å²) in [6, 6.07) is 15.0. The van der Waals surface area contributed by atoms with Crippen molar-refractivity contribution in [1.82, 2.24) is 5.32 Å². The molecule has 0 saturated carbocycles. The molecule has 2 aromatic rings. The molecule has 0 aliphatic heterocycles. The van der Waals surface area contributed by atoms with Crippen LogP contribution in [0, 0.1) is 0 Å². The van der Waals surface area contributed by atoms with Gasteiger partial charge in [0, 0.05) is 0 Å². The molecular weight excluding hydrogens is 324 g/mol. The monoisotopic (exact) mass is 342 g/mol. The summed E-state index contributed by atoms with van der Waals surface area (Å²) in [6.07, 6.45) is -1.16. The van der Waals surface area contributed by atoms with E-state index in [0.717, 1.165) is 5.56 Å². The molecule has 2 rings (SSSR count). The predicted molar refractivity (Wildman–Crippen MR) is 89.8 cm³/mol. The molecule has 0 fully saturated rings. The van der Waals surface area contributed by atoms with Crippen LogP contribution in [0.2, 0.25) is 0 Å². The minimum atomic E-state index is -1.16. The van der Waals surface area contributed by atoms with Crippen LogP contribution in [0.3, 0.4) is 0 Å². The highest BCUT2D eigenvalue weighted by molar-refractivity contribution is 5.98. The molecular formula is C18H18N2O5. The van der Waals surface area contributed by atoms with Gasteiger partial charge in [0.25, 0.3) is 5.91 Å². The molecule has 0 spiro atoms. The SMILES string of the molecule is C[C@@H](OC(=O)c1cccc(OCc2ccccc2)c1)C(=O)NC(N)=O. The first kappa shape index (κ1) is 18.0. The van der Waals surface area contributed by atoms with Gasteiger partial charge in [-0.15, -0.1) is 0 Å². The second-order valence-corrected chi connectivity index (χ2v) is 5.20. The number of esters is 1. The van der Waals surface area contributed by atoms with Gasteiger partial charge in [0.2, 0.25) is 0 Å². The van der Waals surface area contributed by atoms with E-state index >= 15 is 0 Å². The Morgan fingerprint density at radius 2 is 1.80 bits per heavy atom. The van der Waals surface area contributed by atoms with Crippen LogP contribution in [-0.4, -0.2) is 24.0 Å². The van der Waals surface area contributed by atoms with Crippen LogP contribution in [0.1, 0.15) is 22.8 Å². The highest BCUT2D eigenvalue weighted by Gasteiger charge is 2.20. The zero-order valence-electron chi connectivity index (χ0n) is 13.6. The van der Waals surface area contributed by atoms with Crippen LogP contribution in [-0.2, 0) is 16.1 Å². The molecule has 0 heterocycles. The Balaban J connectivity index is 1.96. The third-order valence-corrected chi connectivity index (χ3v) is 3.22. The van der Waals surface area contributed by atoms with Crippen LogP contribution in [0.25, 0.3) is 0 Å². The normalized spacial score (nSPS) is 11.2. The average Bonchev–Trinajstić information content (AvgIpc) is 2.60. The lowest BCUT2D eigenvalue weighted by atomic mass is 10.2. The summed E-state index contributed by atoms with van der Waals surface area (Å²) in [4.78, 5) is 34.3. The van der Waals surface area contributed by atoms with E-state index in [9.17, 15) is 14.4 Å². The summed E-state index contributed by atoms with van der Waals surface area (Å²) in [6.45, 7) is 1.70. The fraction of sp³-hybridized carbons (Fsp3) is 0.167. The molecule has 7 heteroatoms. The van der Waals surface area contributed by atoms with Gasteiger partial charge in [-0.05, 0) is 30.7 Å². The van der Waals surface area contributed by atoms with Gasteiger partial charge in [-0.2, -0.15) is 0 Å². The van der Waals surface area contributed by atoms with Crippen molar-refractivity contribution in [1.29, 1.82) is 0 Å². The van der Waals surface area contributed by atoms with Gasteiger partial charge in [0.05, 0.1) is 5.56 Å². The number of nitrogens with one attached hydrogen (secondary N) is 1. The lowest BCUT2D eigenvalue weighted by Crippen LogP contribution is -2.42. The maximum absolute atomic E-state index is 12.1. The van der Waals surface area contributed by atoms with Crippen molar-refractivity contribution in [2.45, 2.75) is 19.6 Å². The number of nitrogens with two attached hydrogens (primary N) is 1. The smallest absolute Gasteiger partial charge is 0.339 e. The first-order valence-electron chi connectivity index (χ1n) is 7.54. The second kappa shape index (κ2) is 8.49. The number of hydrogen-bond acceptors (Lipinski definition) is 5. The van der Waals surface area contributed by atoms with Crippen LogP contribution in [0.5, 0.6) is 5.75 Å². The highest BCUT2D eigenvalue weighted by atomic mass is 16.5. The van der Waals surface area contributed by atoms with E-state index in [1.54, 1.807) is 12.1 Å². The summed E-state index contributed by atoms with van der Waals surface area (Å²) in [5.74, 6) is -1.01. The number of urea groups is 1.